The first-order valence-corrected chi connectivity index (χ1v) is 8.76. The lowest BCUT2D eigenvalue weighted by Crippen LogP contribution is -2.42. The van der Waals surface area contributed by atoms with Gasteiger partial charge >= 0.3 is 6.18 Å². The van der Waals surface area contributed by atoms with E-state index in [9.17, 15) is 26.0 Å². The van der Waals surface area contributed by atoms with Crippen LogP contribution in [-0.4, -0.2) is 37.9 Å². The lowest BCUT2D eigenvalue weighted by Gasteiger charge is -2.27. The summed E-state index contributed by atoms with van der Waals surface area (Å²) in [5.41, 5.74) is -1.17. The summed E-state index contributed by atoms with van der Waals surface area (Å²) >= 11 is 0. The van der Waals surface area contributed by atoms with Crippen molar-refractivity contribution in [1.29, 1.82) is 0 Å². The fourth-order valence-corrected chi connectivity index (χ4v) is 5.32. The van der Waals surface area contributed by atoms with Gasteiger partial charge in [0.05, 0.1) is 5.56 Å². The molecule has 2 unspecified atom stereocenters. The summed E-state index contributed by atoms with van der Waals surface area (Å²) in [4.78, 5) is -0.897. The van der Waals surface area contributed by atoms with Crippen LogP contribution in [0.5, 0.6) is 0 Å². The van der Waals surface area contributed by atoms with Crippen LogP contribution in [0.4, 0.5) is 17.6 Å². The molecule has 0 saturated carbocycles. The summed E-state index contributed by atoms with van der Waals surface area (Å²) in [5, 5.41) is 3.10. The van der Waals surface area contributed by atoms with E-state index >= 15 is 0 Å². The Morgan fingerprint density at radius 2 is 1.79 bits per heavy atom. The molecule has 0 aliphatic carbocycles. The normalized spacial score (nSPS) is 25.2. The molecule has 24 heavy (non-hydrogen) atoms. The van der Waals surface area contributed by atoms with Crippen LogP contribution < -0.4 is 5.32 Å². The molecule has 136 valence electrons. The first-order valence-electron chi connectivity index (χ1n) is 7.32. The quantitative estimate of drug-likeness (QED) is 0.793. The molecule has 2 heterocycles. The predicted octanol–water partition coefficient (Wildman–Crippen LogP) is 2.78. The molecule has 1 aromatic rings. The molecule has 4 nitrogen and oxygen atoms in total. The Hall–Kier alpha value is -0.900. The van der Waals surface area contributed by atoms with Gasteiger partial charge in [-0.05, 0) is 44.0 Å². The highest BCUT2D eigenvalue weighted by Gasteiger charge is 2.44. The first kappa shape index (κ1) is 19.4. The van der Waals surface area contributed by atoms with Gasteiger partial charge in [-0.2, -0.15) is 17.5 Å². The van der Waals surface area contributed by atoms with Crippen LogP contribution in [0.1, 0.15) is 24.8 Å². The molecule has 1 N–H and O–H groups in total. The molecule has 2 aliphatic rings. The van der Waals surface area contributed by atoms with Crippen molar-refractivity contribution >= 4 is 22.4 Å². The van der Waals surface area contributed by atoms with Gasteiger partial charge in [-0.15, -0.1) is 12.4 Å². The SMILES string of the molecule is Cl.O=S(=O)(c1cc(C(F)(F)F)ccc1F)N1C2CCNCC1CC2. The molecule has 2 bridgehead atoms. The molecule has 1 aromatic carbocycles. The van der Waals surface area contributed by atoms with Crippen LogP contribution >= 0.6 is 12.4 Å². The third-order valence-corrected chi connectivity index (χ3v) is 6.42. The maximum Gasteiger partial charge on any atom is 0.416 e. The van der Waals surface area contributed by atoms with E-state index in [1.165, 1.54) is 4.31 Å². The molecular formula is C14H17ClF4N2O2S. The number of alkyl halides is 3. The number of benzene rings is 1. The van der Waals surface area contributed by atoms with Gasteiger partial charge in [0.15, 0.2) is 0 Å². The zero-order valence-electron chi connectivity index (χ0n) is 12.5. The van der Waals surface area contributed by atoms with Gasteiger partial charge in [0.1, 0.15) is 10.7 Å². The van der Waals surface area contributed by atoms with Crippen molar-refractivity contribution in [2.75, 3.05) is 13.1 Å². The van der Waals surface area contributed by atoms with Crippen LogP contribution in [0.3, 0.4) is 0 Å². The van der Waals surface area contributed by atoms with E-state index < -0.39 is 32.5 Å². The molecule has 3 rings (SSSR count). The molecule has 0 radical (unpaired) electrons. The molecule has 0 spiro atoms. The molecule has 0 aromatic heterocycles. The predicted molar refractivity (Wildman–Crippen MR) is 82.0 cm³/mol. The van der Waals surface area contributed by atoms with Crippen LogP contribution in [0, 0.1) is 5.82 Å². The van der Waals surface area contributed by atoms with Crippen molar-refractivity contribution in [3.8, 4) is 0 Å². The third-order valence-electron chi connectivity index (χ3n) is 4.40. The number of nitrogens with zero attached hydrogens (tertiary/aromatic N) is 1. The number of rotatable bonds is 2. The summed E-state index contributed by atoms with van der Waals surface area (Å²) in [7, 11) is -4.32. The van der Waals surface area contributed by atoms with Crippen molar-refractivity contribution in [2.45, 2.75) is 42.4 Å². The number of fused-ring (bicyclic) bond motifs is 2. The van der Waals surface area contributed by atoms with Gasteiger partial charge in [0.25, 0.3) is 0 Å². The molecule has 2 fully saturated rings. The van der Waals surface area contributed by atoms with E-state index in [0.717, 1.165) is 0 Å². The second-order valence-corrected chi connectivity index (χ2v) is 7.67. The van der Waals surface area contributed by atoms with E-state index in [4.69, 9.17) is 0 Å². The maximum atomic E-state index is 14.0. The van der Waals surface area contributed by atoms with E-state index in [1.807, 2.05) is 0 Å². The van der Waals surface area contributed by atoms with Crippen molar-refractivity contribution in [3.05, 3.63) is 29.6 Å². The van der Waals surface area contributed by atoms with Gasteiger partial charge in [0, 0.05) is 18.6 Å². The van der Waals surface area contributed by atoms with Crippen LogP contribution in [0.2, 0.25) is 0 Å². The Labute approximate surface area is 143 Å². The summed E-state index contributed by atoms with van der Waals surface area (Å²) in [6, 6.07) is 0.860. The largest absolute Gasteiger partial charge is 0.416 e. The van der Waals surface area contributed by atoms with Crippen molar-refractivity contribution in [3.63, 3.8) is 0 Å². The zero-order valence-corrected chi connectivity index (χ0v) is 14.1. The van der Waals surface area contributed by atoms with E-state index in [-0.39, 0.29) is 24.5 Å². The smallest absolute Gasteiger partial charge is 0.315 e. The van der Waals surface area contributed by atoms with Crippen LogP contribution in [0.25, 0.3) is 0 Å². The van der Waals surface area contributed by atoms with Crippen molar-refractivity contribution < 1.29 is 26.0 Å². The Kier molecular flexibility index (Phi) is 5.49. The number of sulfonamides is 1. The first-order chi connectivity index (χ1) is 10.7. The number of hydrogen-bond donors (Lipinski definition) is 1. The van der Waals surface area contributed by atoms with E-state index in [2.05, 4.69) is 5.32 Å². The molecule has 0 amide bonds. The minimum atomic E-state index is -4.72. The number of hydrogen-bond acceptors (Lipinski definition) is 3. The second kappa shape index (κ2) is 6.78. The maximum absolute atomic E-state index is 14.0. The third kappa shape index (κ3) is 3.40. The van der Waals surface area contributed by atoms with Crippen molar-refractivity contribution in [1.82, 2.24) is 9.62 Å². The highest BCUT2D eigenvalue weighted by molar-refractivity contribution is 7.89. The average Bonchev–Trinajstić information content (AvgIpc) is 2.71. The fourth-order valence-electron chi connectivity index (χ4n) is 3.32. The van der Waals surface area contributed by atoms with Gasteiger partial charge in [-0.1, -0.05) is 0 Å². The monoisotopic (exact) mass is 388 g/mol. The van der Waals surface area contributed by atoms with Gasteiger partial charge in [0.2, 0.25) is 10.0 Å². The lowest BCUT2D eigenvalue weighted by atomic mass is 10.1. The molecule has 2 aliphatic heterocycles. The molecule has 2 atom stereocenters. The molecule has 10 heteroatoms. The standard InChI is InChI=1S/C14H16F4N2O2S.ClH/c15-12-4-1-9(14(16,17)18)7-13(12)23(21,22)20-10-2-3-11(20)8-19-6-5-10;/h1,4,7,10-11,19H,2-3,5-6,8H2;1H. The number of nitrogens with one attached hydrogen (secondary N) is 1. The Bertz CT molecular complexity index is 697. The summed E-state index contributed by atoms with van der Waals surface area (Å²) in [5.74, 6) is -1.16. The van der Waals surface area contributed by atoms with Gasteiger partial charge in [-0.3, -0.25) is 0 Å². The lowest BCUT2D eigenvalue weighted by molar-refractivity contribution is -0.137. The van der Waals surface area contributed by atoms with Crippen molar-refractivity contribution in [2.24, 2.45) is 0 Å². The van der Waals surface area contributed by atoms with Crippen LogP contribution in [0.15, 0.2) is 23.1 Å². The minimum Gasteiger partial charge on any atom is -0.315 e. The Morgan fingerprint density at radius 1 is 1.12 bits per heavy atom. The highest BCUT2D eigenvalue weighted by atomic mass is 35.5. The van der Waals surface area contributed by atoms with E-state index in [0.29, 0.717) is 50.6 Å². The Balaban J connectivity index is 0.00000208. The van der Waals surface area contributed by atoms with Gasteiger partial charge < -0.3 is 5.32 Å². The van der Waals surface area contributed by atoms with Gasteiger partial charge in [-0.25, -0.2) is 12.8 Å². The summed E-state index contributed by atoms with van der Waals surface area (Å²) in [6.45, 7) is 1.06. The Morgan fingerprint density at radius 3 is 2.46 bits per heavy atom. The minimum absolute atomic E-state index is 0. The topological polar surface area (TPSA) is 49.4 Å². The van der Waals surface area contributed by atoms with Crippen LogP contribution in [-0.2, 0) is 16.2 Å². The second-order valence-electron chi connectivity index (χ2n) is 5.86. The highest BCUT2D eigenvalue weighted by Crippen LogP contribution is 2.37. The fraction of sp³-hybridized carbons (Fsp3) is 0.571. The molecular weight excluding hydrogens is 372 g/mol. The number of halogens is 5. The zero-order chi connectivity index (χ0) is 16.8. The summed E-state index contributed by atoms with van der Waals surface area (Å²) in [6.07, 6.45) is -2.89. The average molecular weight is 389 g/mol. The van der Waals surface area contributed by atoms with E-state index in [1.54, 1.807) is 0 Å². The molecule has 2 saturated heterocycles. The summed E-state index contributed by atoms with van der Waals surface area (Å²) < 4.78 is 79.2.